The summed E-state index contributed by atoms with van der Waals surface area (Å²) in [5, 5.41) is 14.5. The molecule has 1 unspecified atom stereocenters. The summed E-state index contributed by atoms with van der Waals surface area (Å²) in [5.41, 5.74) is 0.00435. The summed E-state index contributed by atoms with van der Waals surface area (Å²) in [6.45, 7) is 2.85. The topological polar surface area (TPSA) is 99.5 Å². The van der Waals surface area contributed by atoms with E-state index >= 15 is 0 Å². The lowest BCUT2D eigenvalue weighted by molar-refractivity contribution is 0.0691. The van der Waals surface area contributed by atoms with Crippen LogP contribution in [-0.4, -0.2) is 64.3 Å². The lowest BCUT2D eigenvalue weighted by atomic mass is 10.1. The number of rotatable bonds is 5. The molecule has 0 saturated carbocycles. The van der Waals surface area contributed by atoms with Gasteiger partial charge in [-0.15, -0.1) is 0 Å². The van der Waals surface area contributed by atoms with Crippen molar-refractivity contribution in [2.45, 2.75) is 25.4 Å². The Bertz CT molecular complexity index is 502. The van der Waals surface area contributed by atoms with Crippen molar-refractivity contribution in [1.29, 1.82) is 0 Å². The molecule has 1 aliphatic rings. The van der Waals surface area contributed by atoms with Crippen molar-refractivity contribution in [3.8, 4) is 0 Å². The number of likely N-dealkylation sites (N-methyl/N-ethyl adjacent to an activating group) is 1. The SMILES string of the molecule is CN1CCCC(NC(=O)NCCn2cnc(C(=O)O)c2)C1. The Morgan fingerprint density at radius 3 is 3.00 bits per heavy atom. The molecule has 0 aliphatic carbocycles. The maximum absolute atomic E-state index is 11.8. The summed E-state index contributed by atoms with van der Waals surface area (Å²) in [5.74, 6) is -1.05. The minimum atomic E-state index is -1.05. The molecule has 0 aromatic carbocycles. The average molecular weight is 295 g/mol. The van der Waals surface area contributed by atoms with Crippen LogP contribution >= 0.6 is 0 Å². The normalized spacial score (nSPS) is 19.2. The Hall–Kier alpha value is -2.09. The number of likely N-dealkylation sites (tertiary alicyclic amines) is 1. The van der Waals surface area contributed by atoms with Gasteiger partial charge in [0.25, 0.3) is 0 Å². The van der Waals surface area contributed by atoms with Crippen LogP contribution in [0.25, 0.3) is 0 Å². The second-order valence-corrected chi connectivity index (χ2v) is 5.30. The van der Waals surface area contributed by atoms with Gasteiger partial charge in [0.2, 0.25) is 0 Å². The Morgan fingerprint density at radius 1 is 1.52 bits per heavy atom. The maximum Gasteiger partial charge on any atom is 0.356 e. The summed E-state index contributed by atoms with van der Waals surface area (Å²) < 4.78 is 1.64. The Kier molecular flexibility index (Phi) is 5.15. The van der Waals surface area contributed by atoms with Gasteiger partial charge in [0.15, 0.2) is 5.69 Å². The van der Waals surface area contributed by atoms with Crippen LogP contribution in [0.15, 0.2) is 12.5 Å². The number of hydrogen-bond donors (Lipinski definition) is 3. The van der Waals surface area contributed by atoms with Crippen LogP contribution in [-0.2, 0) is 6.54 Å². The number of imidazole rings is 1. The number of carboxylic acid groups (broad SMARTS) is 1. The largest absolute Gasteiger partial charge is 0.476 e. The van der Waals surface area contributed by atoms with Crippen LogP contribution < -0.4 is 10.6 Å². The average Bonchev–Trinajstić information content (AvgIpc) is 2.87. The van der Waals surface area contributed by atoms with Gasteiger partial charge in [0.05, 0.1) is 6.33 Å². The van der Waals surface area contributed by atoms with Gasteiger partial charge in [-0.3, -0.25) is 0 Å². The Balaban J connectivity index is 1.67. The number of carbonyl (C=O) groups excluding carboxylic acids is 1. The second kappa shape index (κ2) is 7.07. The third-order valence-corrected chi connectivity index (χ3v) is 3.47. The molecule has 8 nitrogen and oxygen atoms in total. The predicted octanol–water partition coefficient (Wildman–Crippen LogP) is -0.0253. The van der Waals surface area contributed by atoms with E-state index in [1.807, 2.05) is 7.05 Å². The van der Waals surface area contributed by atoms with Crippen LogP contribution in [0, 0.1) is 0 Å². The first-order chi connectivity index (χ1) is 10.0. The van der Waals surface area contributed by atoms with Crippen molar-refractivity contribution in [3.05, 3.63) is 18.2 Å². The highest BCUT2D eigenvalue weighted by Gasteiger charge is 2.18. The third-order valence-electron chi connectivity index (χ3n) is 3.47. The molecule has 1 saturated heterocycles. The van der Waals surface area contributed by atoms with E-state index in [1.54, 1.807) is 4.57 Å². The zero-order chi connectivity index (χ0) is 15.2. The highest BCUT2D eigenvalue weighted by atomic mass is 16.4. The number of carboxylic acids is 1. The minimum Gasteiger partial charge on any atom is -0.476 e. The molecular formula is C13H21N5O3. The quantitative estimate of drug-likeness (QED) is 0.708. The fourth-order valence-corrected chi connectivity index (χ4v) is 2.41. The number of nitrogens with one attached hydrogen (secondary N) is 2. The predicted molar refractivity (Wildman–Crippen MR) is 76.2 cm³/mol. The van der Waals surface area contributed by atoms with Crippen LogP contribution in [0.3, 0.4) is 0 Å². The molecule has 1 aromatic rings. The molecule has 2 heterocycles. The number of carbonyl (C=O) groups is 2. The molecule has 0 spiro atoms. The standard InChI is InChI=1S/C13H21N5O3/c1-17-5-2-3-10(7-17)16-13(21)14-4-6-18-8-11(12(19)20)15-9-18/h8-10H,2-7H2,1H3,(H,19,20)(H2,14,16,21). The molecule has 8 heteroatoms. The number of aromatic carboxylic acids is 1. The van der Waals surface area contributed by atoms with Gasteiger partial charge in [-0.25, -0.2) is 14.6 Å². The van der Waals surface area contributed by atoms with E-state index in [4.69, 9.17) is 5.11 Å². The highest BCUT2D eigenvalue weighted by Crippen LogP contribution is 2.07. The van der Waals surface area contributed by atoms with E-state index < -0.39 is 5.97 Å². The molecule has 0 bridgehead atoms. The van der Waals surface area contributed by atoms with E-state index in [0.29, 0.717) is 13.1 Å². The Labute approximate surface area is 123 Å². The van der Waals surface area contributed by atoms with Gasteiger partial charge >= 0.3 is 12.0 Å². The number of nitrogens with zero attached hydrogens (tertiary/aromatic N) is 3. The van der Waals surface area contributed by atoms with Crippen molar-refractivity contribution in [3.63, 3.8) is 0 Å². The third kappa shape index (κ3) is 4.75. The first-order valence-electron chi connectivity index (χ1n) is 7.02. The van der Waals surface area contributed by atoms with Gasteiger partial charge in [-0.1, -0.05) is 0 Å². The summed E-state index contributed by atoms with van der Waals surface area (Å²) in [4.78, 5) is 28.4. The van der Waals surface area contributed by atoms with Crippen LogP contribution in [0.2, 0.25) is 0 Å². The fourth-order valence-electron chi connectivity index (χ4n) is 2.41. The van der Waals surface area contributed by atoms with E-state index in [2.05, 4.69) is 20.5 Å². The summed E-state index contributed by atoms with van der Waals surface area (Å²) >= 11 is 0. The summed E-state index contributed by atoms with van der Waals surface area (Å²) in [7, 11) is 2.05. The van der Waals surface area contributed by atoms with E-state index in [9.17, 15) is 9.59 Å². The van der Waals surface area contributed by atoms with Gasteiger partial charge in [0.1, 0.15) is 0 Å². The molecule has 21 heavy (non-hydrogen) atoms. The molecule has 1 aromatic heterocycles. The molecule has 1 aliphatic heterocycles. The van der Waals surface area contributed by atoms with Gasteiger partial charge in [-0.2, -0.15) is 0 Å². The number of piperidine rings is 1. The fraction of sp³-hybridized carbons (Fsp3) is 0.615. The van der Waals surface area contributed by atoms with Crippen molar-refractivity contribution in [2.24, 2.45) is 0 Å². The smallest absolute Gasteiger partial charge is 0.356 e. The molecule has 1 fully saturated rings. The minimum absolute atomic E-state index is 0.00435. The molecule has 3 N–H and O–H groups in total. The molecular weight excluding hydrogens is 274 g/mol. The highest BCUT2D eigenvalue weighted by molar-refractivity contribution is 5.84. The van der Waals surface area contributed by atoms with E-state index in [0.717, 1.165) is 25.9 Å². The van der Waals surface area contributed by atoms with Gasteiger partial charge < -0.3 is 25.2 Å². The van der Waals surface area contributed by atoms with Crippen LogP contribution in [0.5, 0.6) is 0 Å². The number of urea groups is 1. The van der Waals surface area contributed by atoms with Crippen LogP contribution in [0.4, 0.5) is 4.79 Å². The maximum atomic E-state index is 11.8. The van der Waals surface area contributed by atoms with Crippen molar-refractivity contribution in [1.82, 2.24) is 25.1 Å². The Morgan fingerprint density at radius 2 is 2.33 bits per heavy atom. The summed E-state index contributed by atoms with van der Waals surface area (Å²) in [6.07, 6.45) is 4.98. The summed E-state index contributed by atoms with van der Waals surface area (Å²) in [6, 6.07) is 0.00415. The second-order valence-electron chi connectivity index (χ2n) is 5.30. The lowest BCUT2D eigenvalue weighted by Gasteiger charge is -2.30. The molecule has 116 valence electrons. The van der Waals surface area contributed by atoms with Crippen molar-refractivity contribution >= 4 is 12.0 Å². The van der Waals surface area contributed by atoms with E-state index in [-0.39, 0.29) is 17.8 Å². The first-order valence-corrected chi connectivity index (χ1v) is 7.02. The van der Waals surface area contributed by atoms with E-state index in [1.165, 1.54) is 12.5 Å². The van der Waals surface area contributed by atoms with Crippen molar-refractivity contribution < 1.29 is 14.7 Å². The molecule has 1 atom stereocenters. The number of amides is 2. The molecule has 2 amide bonds. The lowest BCUT2D eigenvalue weighted by Crippen LogP contribution is -2.49. The number of hydrogen-bond acceptors (Lipinski definition) is 4. The number of aromatic nitrogens is 2. The van der Waals surface area contributed by atoms with Crippen molar-refractivity contribution in [2.75, 3.05) is 26.7 Å². The first kappa shape index (κ1) is 15.3. The van der Waals surface area contributed by atoms with Crippen LogP contribution in [0.1, 0.15) is 23.3 Å². The molecule has 2 rings (SSSR count). The van der Waals surface area contributed by atoms with Gasteiger partial charge in [-0.05, 0) is 26.4 Å². The van der Waals surface area contributed by atoms with Gasteiger partial charge in [0, 0.05) is 31.9 Å². The zero-order valence-electron chi connectivity index (χ0n) is 12.1. The molecule has 0 radical (unpaired) electrons. The zero-order valence-corrected chi connectivity index (χ0v) is 12.1. The monoisotopic (exact) mass is 295 g/mol.